The van der Waals surface area contributed by atoms with Crippen molar-refractivity contribution in [3.8, 4) is 17.1 Å². The minimum atomic E-state index is -4.75. The number of aromatic nitrogens is 2. The maximum absolute atomic E-state index is 12.2. The van der Waals surface area contributed by atoms with Crippen molar-refractivity contribution in [1.29, 1.82) is 0 Å². The quantitative estimate of drug-likeness (QED) is 0.689. The number of benzene rings is 1. The van der Waals surface area contributed by atoms with E-state index < -0.39 is 16.4 Å². The lowest BCUT2D eigenvalue weighted by molar-refractivity contribution is -0.274. The monoisotopic (exact) mass is 434 g/mol. The van der Waals surface area contributed by atoms with Gasteiger partial charge in [-0.2, -0.15) is 4.98 Å². The van der Waals surface area contributed by atoms with E-state index in [4.69, 9.17) is 4.52 Å². The maximum atomic E-state index is 12.2. The molecule has 3 rings (SSSR count). The molecule has 1 saturated carbocycles. The number of nitrogens with zero attached hydrogens (tertiary/aromatic N) is 2. The molecule has 0 unspecified atom stereocenters. The van der Waals surface area contributed by atoms with Crippen LogP contribution in [0.2, 0.25) is 0 Å². The Balaban J connectivity index is 1.51. The molecule has 0 spiro atoms. The molecule has 2 N–H and O–H groups in total. The largest absolute Gasteiger partial charge is 0.573 e. The molecule has 0 atom stereocenters. The smallest absolute Gasteiger partial charge is 0.406 e. The number of ether oxygens (including phenoxy) is 1. The topological polar surface area (TPSA) is 106 Å². The lowest BCUT2D eigenvalue weighted by atomic mass is 9.86. The van der Waals surface area contributed by atoms with Crippen LogP contribution in [0.15, 0.2) is 28.8 Å². The number of anilines is 1. The zero-order chi connectivity index (χ0) is 21.1. The first-order chi connectivity index (χ1) is 13.6. The van der Waals surface area contributed by atoms with Crippen LogP contribution in [0, 0.1) is 5.92 Å². The molecule has 8 nitrogen and oxygen atoms in total. The summed E-state index contributed by atoms with van der Waals surface area (Å²) in [5.74, 6) is 0.209. The fraction of sp³-hybridized carbons (Fsp3) is 0.529. The average molecular weight is 434 g/mol. The van der Waals surface area contributed by atoms with Crippen molar-refractivity contribution in [1.82, 2.24) is 14.9 Å². The van der Waals surface area contributed by atoms with Crippen LogP contribution in [-0.2, 0) is 10.0 Å². The first kappa shape index (κ1) is 21.4. The molecule has 1 fully saturated rings. The van der Waals surface area contributed by atoms with Gasteiger partial charge in [0.25, 0.3) is 0 Å². The number of nitrogens with one attached hydrogen (secondary N) is 2. The van der Waals surface area contributed by atoms with Gasteiger partial charge in [-0.1, -0.05) is 5.16 Å². The van der Waals surface area contributed by atoms with E-state index in [9.17, 15) is 21.6 Å². The van der Waals surface area contributed by atoms with Crippen molar-refractivity contribution >= 4 is 16.0 Å². The predicted molar refractivity (Wildman–Crippen MR) is 98.6 cm³/mol. The molecule has 1 aliphatic rings. The summed E-state index contributed by atoms with van der Waals surface area (Å²) in [6, 6.07) is 5.54. The van der Waals surface area contributed by atoms with E-state index in [-0.39, 0.29) is 23.6 Å². The summed E-state index contributed by atoms with van der Waals surface area (Å²) in [7, 11) is -3.18. The Morgan fingerprint density at radius 2 is 1.83 bits per heavy atom. The first-order valence-corrected chi connectivity index (χ1v) is 10.9. The molecule has 0 radical (unpaired) electrons. The Bertz CT molecular complexity index is 908. The van der Waals surface area contributed by atoms with Crippen LogP contribution in [0.5, 0.6) is 5.75 Å². The van der Waals surface area contributed by atoms with Gasteiger partial charge in [0.15, 0.2) is 0 Å². The summed E-state index contributed by atoms with van der Waals surface area (Å²) in [5, 5.41) is 6.99. The highest BCUT2D eigenvalue weighted by molar-refractivity contribution is 7.88. The molecule has 0 bridgehead atoms. The Hall–Kier alpha value is -2.34. The van der Waals surface area contributed by atoms with Crippen LogP contribution >= 0.6 is 0 Å². The third-order valence-corrected chi connectivity index (χ3v) is 5.27. The van der Waals surface area contributed by atoms with Gasteiger partial charge >= 0.3 is 12.4 Å². The maximum Gasteiger partial charge on any atom is 0.573 e. The van der Waals surface area contributed by atoms with Crippen LogP contribution in [0.1, 0.15) is 25.7 Å². The van der Waals surface area contributed by atoms with Gasteiger partial charge in [-0.05, 0) is 55.9 Å². The lowest BCUT2D eigenvalue weighted by Gasteiger charge is -2.28. The molecule has 1 heterocycles. The second kappa shape index (κ2) is 8.57. The van der Waals surface area contributed by atoms with Gasteiger partial charge in [0.2, 0.25) is 15.8 Å². The predicted octanol–water partition coefficient (Wildman–Crippen LogP) is 3.16. The number of halogens is 3. The number of sulfonamides is 1. The van der Waals surface area contributed by atoms with E-state index >= 15 is 0 Å². The van der Waals surface area contributed by atoms with Crippen molar-refractivity contribution < 1.29 is 30.8 Å². The average Bonchev–Trinajstić information content (AvgIpc) is 3.08. The number of rotatable bonds is 7. The van der Waals surface area contributed by atoms with Gasteiger partial charge < -0.3 is 14.6 Å². The standard InChI is InChI=1S/C17H21F3N4O4S/c1-29(25,26)21-10-11-2-6-13(7-3-11)22-16-23-15(24-28-16)12-4-8-14(9-5-12)27-17(18,19)20/h4-5,8-9,11,13,21H,2-3,6-7,10H2,1H3,(H,22,23,24). The molecule has 0 saturated heterocycles. The van der Waals surface area contributed by atoms with E-state index in [1.54, 1.807) is 0 Å². The van der Waals surface area contributed by atoms with Crippen LogP contribution in [0.4, 0.5) is 19.2 Å². The molecule has 0 amide bonds. The van der Waals surface area contributed by atoms with Crippen molar-refractivity contribution in [2.75, 3.05) is 18.1 Å². The summed E-state index contributed by atoms with van der Waals surface area (Å²) >= 11 is 0. The number of hydrogen-bond acceptors (Lipinski definition) is 7. The Morgan fingerprint density at radius 3 is 2.41 bits per heavy atom. The van der Waals surface area contributed by atoms with E-state index in [2.05, 4.69) is 24.9 Å². The Labute approximate surface area is 165 Å². The summed E-state index contributed by atoms with van der Waals surface area (Å²) in [6.07, 6.45) is -0.215. The molecular formula is C17H21F3N4O4S. The van der Waals surface area contributed by atoms with Crippen LogP contribution in [-0.4, -0.2) is 43.8 Å². The van der Waals surface area contributed by atoms with E-state index in [1.165, 1.54) is 24.3 Å². The lowest BCUT2D eigenvalue weighted by Crippen LogP contribution is -2.33. The molecule has 12 heteroatoms. The SMILES string of the molecule is CS(=O)(=O)NCC1CCC(Nc2nc(-c3ccc(OC(F)(F)F)cc3)no2)CC1. The van der Waals surface area contributed by atoms with Crippen molar-refractivity contribution in [3.05, 3.63) is 24.3 Å². The summed E-state index contributed by atoms with van der Waals surface area (Å²) in [6.45, 7) is 0.435. The molecule has 160 valence electrons. The highest BCUT2D eigenvalue weighted by atomic mass is 32.2. The summed E-state index contributed by atoms with van der Waals surface area (Å²) < 4.78 is 70.5. The fourth-order valence-corrected chi connectivity index (χ4v) is 3.70. The third kappa shape index (κ3) is 6.89. The molecule has 29 heavy (non-hydrogen) atoms. The molecule has 2 aromatic rings. The highest BCUT2D eigenvalue weighted by Crippen LogP contribution is 2.28. The normalized spacial score (nSPS) is 20.4. The second-order valence-electron chi connectivity index (χ2n) is 6.98. The van der Waals surface area contributed by atoms with Crippen molar-refractivity contribution in [3.63, 3.8) is 0 Å². The van der Waals surface area contributed by atoms with Crippen LogP contribution in [0.25, 0.3) is 11.4 Å². The van der Waals surface area contributed by atoms with E-state index in [0.717, 1.165) is 31.9 Å². The molecular weight excluding hydrogens is 413 g/mol. The number of alkyl halides is 3. The van der Waals surface area contributed by atoms with Crippen molar-refractivity contribution in [2.45, 2.75) is 38.1 Å². The van der Waals surface area contributed by atoms with Gasteiger partial charge in [-0.3, -0.25) is 0 Å². The fourth-order valence-electron chi connectivity index (χ4n) is 3.16. The molecule has 1 aromatic heterocycles. The summed E-state index contributed by atoms with van der Waals surface area (Å²) in [5.41, 5.74) is 0.492. The third-order valence-electron chi connectivity index (χ3n) is 4.58. The minimum Gasteiger partial charge on any atom is -0.406 e. The van der Waals surface area contributed by atoms with Gasteiger partial charge in [-0.25, -0.2) is 13.1 Å². The van der Waals surface area contributed by atoms with Gasteiger partial charge in [-0.15, -0.1) is 13.2 Å². The zero-order valence-corrected chi connectivity index (χ0v) is 16.4. The van der Waals surface area contributed by atoms with E-state index in [0.29, 0.717) is 18.0 Å². The first-order valence-electron chi connectivity index (χ1n) is 8.98. The minimum absolute atomic E-state index is 0.125. The highest BCUT2D eigenvalue weighted by Gasteiger charge is 2.31. The molecule has 1 aromatic carbocycles. The molecule has 1 aliphatic carbocycles. The van der Waals surface area contributed by atoms with Gasteiger partial charge in [0.05, 0.1) is 6.26 Å². The zero-order valence-electron chi connectivity index (χ0n) is 15.6. The van der Waals surface area contributed by atoms with Gasteiger partial charge in [0.1, 0.15) is 5.75 Å². The molecule has 0 aliphatic heterocycles. The Kier molecular flexibility index (Phi) is 6.32. The van der Waals surface area contributed by atoms with E-state index in [1.807, 2.05) is 0 Å². The second-order valence-corrected chi connectivity index (χ2v) is 8.81. The van der Waals surface area contributed by atoms with Crippen LogP contribution < -0.4 is 14.8 Å². The Morgan fingerprint density at radius 1 is 1.17 bits per heavy atom. The van der Waals surface area contributed by atoms with Crippen LogP contribution in [0.3, 0.4) is 0 Å². The number of hydrogen-bond donors (Lipinski definition) is 2. The van der Waals surface area contributed by atoms with Gasteiger partial charge in [0, 0.05) is 18.2 Å². The summed E-state index contributed by atoms with van der Waals surface area (Å²) in [4.78, 5) is 4.22. The van der Waals surface area contributed by atoms with Crippen molar-refractivity contribution in [2.24, 2.45) is 5.92 Å².